The van der Waals surface area contributed by atoms with E-state index < -0.39 is 0 Å². The summed E-state index contributed by atoms with van der Waals surface area (Å²) in [6.45, 7) is 1.92. The van der Waals surface area contributed by atoms with Crippen LogP contribution in [0.2, 0.25) is 0 Å². The summed E-state index contributed by atoms with van der Waals surface area (Å²) in [6, 6.07) is 0. The van der Waals surface area contributed by atoms with Crippen molar-refractivity contribution in [2.24, 2.45) is 0 Å². The molecule has 54 valence electrons. The maximum Gasteiger partial charge on any atom is -0.0500 e. The van der Waals surface area contributed by atoms with Crippen molar-refractivity contribution in [1.82, 2.24) is 0 Å². The topological polar surface area (TPSA) is 0 Å². The highest BCUT2D eigenvalue weighted by molar-refractivity contribution is 8.93. The Kier molecular flexibility index (Phi) is 533. The molecule has 0 saturated heterocycles. The molecule has 0 aliphatic rings. The van der Waals surface area contributed by atoms with Gasteiger partial charge in [-0.1, -0.05) is 6.66 Å². The molecule has 0 N–H and O–H groups in total. The van der Waals surface area contributed by atoms with Gasteiger partial charge in [-0.3, -0.25) is 0 Å². The van der Waals surface area contributed by atoms with Crippen LogP contribution in [0.15, 0.2) is 0 Å². The van der Waals surface area contributed by atoms with Crippen molar-refractivity contribution >= 4 is 80.0 Å². The van der Waals surface area contributed by atoms with Crippen LogP contribution in [0.5, 0.6) is 0 Å². The van der Waals surface area contributed by atoms with Gasteiger partial charge in [0.2, 0.25) is 0 Å². The summed E-state index contributed by atoms with van der Waals surface area (Å²) < 4.78 is 0. The molecule has 0 aliphatic heterocycles. The third kappa shape index (κ3) is 53.1. The fourth-order valence-corrected chi connectivity index (χ4v) is 0. The van der Waals surface area contributed by atoms with Gasteiger partial charge in [-0.25, -0.2) is 0 Å². The van der Waals surface area contributed by atoms with E-state index in [9.17, 15) is 0 Å². The third-order valence-corrected chi connectivity index (χ3v) is 0. The number of halogens is 3. The summed E-state index contributed by atoms with van der Waals surface area (Å²) in [7, 11) is 2.42. The monoisotopic (exact) mass is 356 g/mol. The van der Waals surface area contributed by atoms with Gasteiger partial charge in [0.15, 0.2) is 0 Å². The first-order valence-electron chi connectivity index (χ1n) is 0.577. The van der Waals surface area contributed by atoms with Crippen LogP contribution in [-0.4, -0.2) is 6.66 Å². The minimum Gasteiger partial charge on any atom is -0.153 e. The van der Waals surface area contributed by atoms with Crippen LogP contribution in [0.4, 0.5) is 0 Å². The minimum absolute atomic E-state index is 0. The molecule has 3 unspecified atom stereocenters. The fourth-order valence-electron chi connectivity index (χ4n) is 0. The standard InChI is InChI=1S/CH5P.3BrH.2H3P/c1-2;;;;;/h2H2,1H3;3*1H;2*1H3. The Bertz CT molecular complexity index is 10.1. The molecule has 0 saturated carbocycles. The molecule has 0 nitrogen and oxygen atoms in total. The Hall–Kier alpha value is 2.73. The summed E-state index contributed by atoms with van der Waals surface area (Å²) in [5.74, 6) is 0. The average molecular weight is 359 g/mol. The molecule has 0 aliphatic carbocycles. The zero-order valence-corrected chi connectivity index (χ0v) is 13.3. The Morgan fingerprint density at radius 3 is 0.714 bits per heavy atom. The van der Waals surface area contributed by atoms with Crippen molar-refractivity contribution in [3.05, 3.63) is 0 Å². The summed E-state index contributed by atoms with van der Waals surface area (Å²) in [5, 5.41) is 0. The second kappa shape index (κ2) is 70.0. The van der Waals surface area contributed by atoms with Crippen molar-refractivity contribution in [3.8, 4) is 0 Å². The number of hydrogen-bond acceptors (Lipinski definition) is 0. The summed E-state index contributed by atoms with van der Waals surface area (Å²) >= 11 is 0. The highest BCUT2D eigenvalue weighted by Gasteiger charge is 0.906. The first kappa shape index (κ1) is 53.3. The van der Waals surface area contributed by atoms with Crippen LogP contribution >= 0.6 is 80.0 Å². The number of hydrogen-bond donors (Lipinski definition) is 0. The number of rotatable bonds is 0. The van der Waals surface area contributed by atoms with Gasteiger partial charge in [0, 0.05) is 0 Å². The van der Waals surface area contributed by atoms with Crippen LogP contribution in [0.3, 0.4) is 0 Å². The first-order valence-corrected chi connectivity index (χ1v) is 1.73. The Morgan fingerprint density at radius 1 is 0.714 bits per heavy atom. The lowest BCUT2D eigenvalue weighted by Crippen LogP contribution is -0.804. The maximum absolute atomic E-state index is 2.42. The van der Waals surface area contributed by atoms with Gasteiger partial charge in [-0.05, 0) is 0 Å². The van der Waals surface area contributed by atoms with Crippen molar-refractivity contribution in [2.45, 2.75) is 0 Å². The summed E-state index contributed by atoms with van der Waals surface area (Å²) in [4.78, 5) is 0. The van der Waals surface area contributed by atoms with Gasteiger partial charge >= 0.3 is 0 Å². The van der Waals surface area contributed by atoms with E-state index in [4.69, 9.17) is 0 Å². The summed E-state index contributed by atoms with van der Waals surface area (Å²) in [6.07, 6.45) is 0. The second-order valence-corrected chi connectivity index (χ2v) is 0. The van der Waals surface area contributed by atoms with Gasteiger partial charge in [0.25, 0.3) is 0 Å². The van der Waals surface area contributed by atoms with Crippen LogP contribution in [-0.2, 0) is 0 Å². The highest BCUT2D eigenvalue weighted by Crippen LogP contribution is 1.46. The van der Waals surface area contributed by atoms with E-state index >= 15 is 0 Å². The second-order valence-electron chi connectivity index (χ2n) is 0. The van der Waals surface area contributed by atoms with E-state index in [2.05, 4.69) is 9.24 Å². The van der Waals surface area contributed by atoms with Crippen molar-refractivity contribution in [2.75, 3.05) is 6.66 Å². The maximum atomic E-state index is 2.42. The molecule has 3 atom stereocenters. The summed E-state index contributed by atoms with van der Waals surface area (Å²) in [5.41, 5.74) is 0. The molecule has 0 fully saturated rings. The Morgan fingerprint density at radius 2 is 0.714 bits per heavy atom. The Labute approximate surface area is 86.1 Å². The lowest BCUT2D eigenvalue weighted by atomic mass is 12.0. The van der Waals surface area contributed by atoms with Crippen molar-refractivity contribution < 1.29 is 0 Å². The van der Waals surface area contributed by atoms with Crippen LogP contribution in [0.1, 0.15) is 0 Å². The predicted octanol–water partition coefficient (Wildman–Crippen LogP) is 2.34. The van der Waals surface area contributed by atoms with Gasteiger partial charge in [0.05, 0.1) is 0 Å². The average Bonchev–Trinajstić information content (AvgIpc) is 1.00. The molecule has 0 aromatic heterocycles. The minimum atomic E-state index is 0. The zero-order chi connectivity index (χ0) is 2.00. The van der Waals surface area contributed by atoms with Crippen LogP contribution in [0.25, 0.3) is 0 Å². The molecule has 6 heteroatoms. The molecule has 0 aromatic rings. The quantitative estimate of drug-likeness (QED) is 0.583. The molecule has 0 radical (unpaired) electrons. The molecular formula is CH14Br3P3. The van der Waals surface area contributed by atoms with E-state index in [1.54, 1.807) is 0 Å². The first-order chi connectivity index (χ1) is 1.00. The SMILES string of the molecule is Br.Br.Br.CP.P.P. The van der Waals surface area contributed by atoms with E-state index in [-0.39, 0.29) is 70.7 Å². The highest BCUT2D eigenvalue weighted by atomic mass is 79.9. The van der Waals surface area contributed by atoms with Crippen LogP contribution in [0, 0.1) is 0 Å². The van der Waals surface area contributed by atoms with E-state index in [0.29, 0.717) is 0 Å². The van der Waals surface area contributed by atoms with Gasteiger partial charge < -0.3 is 0 Å². The van der Waals surface area contributed by atoms with E-state index in [1.165, 1.54) is 0 Å². The van der Waals surface area contributed by atoms with Gasteiger partial charge in [-0.2, -0.15) is 19.8 Å². The largest absolute Gasteiger partial charge is 0.153 e. The lowest BCUT2D eigenvalue weighted by Gasteiger charge is -1.10. The third-order valence-electron chi connectivity index (χ3n) is 0. The van der Waals surface area contributed by atoms with E-state index in [1.807, 2.05) is 6.66 Å². The fraction of sp³-hybridized carbons (Fsp3) is 1.00. The lowest BCUT2D eigenvalue weighted by molar-refractivity contribution is 2.53. The zero-order valence-electron chi connectivity index (χ0n) is 4.22. The predicted molar refractivity (Wildman–Crippen MR) is 68.8 cm³/mol. The van der Waals surface area contributed by atoms with Gasteiger partial charge in [-0.15, -0.1) is 60.2 Å². The molecule has 0 rings (SSSR count). The molecule has 0 amide bonds. The molecule has 7 heavy (non-hydrogen) atoms. The molecule has 0 bridgehead atoms. The molecule has 0 heterocycles. The Balaban J connectivity index is -0.000000000500. The van der Waals surface area contributed by atoms with Crippen LogP contribution < -0.4 is 0 Å². The van der Waals surface area contributed by atoms with E-state index in [0.717, 1.165) is 0 Å². The van der Waals surface area contributed by atoms with Crippen molar-refractivity contribution in [3.63, 3.8) is 0 Å². The smallest absolute Gasteiger partial charge is 0.0500 e. The molecule has 0 spiro atoms. The van der Waals surface area contributed by atoms with Gasteiger partial charge in [0.1, 0.15) is 0 Å². The van der Waals surface area contributed by atoms with Crippen molar-refractivity contribution in [1.29, 1.82) is 0 Å². The normalized spacial score (nSPS) is 0.857. The molecular weight excluding hydrogens is 345 g/mol. The molecule has 0 aromatic carbocycles.